The molecule has 3 aliphatic heterocycles. The minimum Gasteiger partial charge on any atom is -0.506 e. The molecule has 0 saturated carbocycles. The van der Waals surface area contributed by atoms with E-state index in [1.54, 1.807) is 60.7 Å². The first-order valence-corrected chi connectivity index (χ1v) is 25.3. The summed E-state index contributed by atoms with van der Waals surface area (Å²) in [5.74, 6) is -0.367. The number of aromatic nitrogens is 1. The lowest BCUT2D eigenvalue weighted by Gasteiger charge is -2.46. The number of rotatable bonds is 17. The maximum atomic E-state index is 13.9. The number of hydrogen-bond acceptors (Lipinski definition) is 11. The van der Waals surface area contributed by atoms with Crippen LogP contribution < -0.4 is 15.6 Å². The van der Waals surface area contributed by atoms with Gasteiger partial charge in [-0.25, -0.2) is 4.79 Å². The van der Waals surface area contributed by atoms with Crippen LogP contribution in [-0.4, -0.2) is 118 Å². The molecule has 14 nitrogen and oxygen atoms in total. The van der Waals surface area contributed by atoms with Crippen LogP contribution in [0.4, 0.5) is 0 Å². The van der Waals surface area contributed by atoms with Crippen LogP contribution in [0.3, 0.4) is 0 Å². The third-order valence-electron chi connectivity index (χ3n) is 15.2. The number of aromatic amines is 1. The topological polar surface area (TPSA) is 185 Å². The van der Waals surface area contributed by atoms with Crippen molar-refractivity contribution in [1.29, 1.82) is 0 Å². The average Bonchev–Trinajstić information content (AvgIpc) is 3.42. The van der Waals surface area contributed by atoms with Crippen LogP contribution in [0.15, 0.2) is 138 Å². The number of phenolic OH excluding ortho intramolecular Hbond substituents is 1. The molecule has 0 aliphatic carbocycles. The molecule has 72 heavy (non-hydrogen) atoms. The molecule has 14 heteroatoms. The maximum Gasteiger partial charge on any atom is 0.347 e. The van der Waals surface area contributed by atoms with Crippen molar-refractivity contribution in [2.45, 2.75) is 63.2 Å². The first-order valence-electron chi connectivity index (χ1n) is 25.3. The second-order valence-electron chi connectivity index (χ2n) is 19.8. The largest absolute Gasteiger partial charge is 0.506 e. The number of fused-ring (bicyclic) bond motifs is 1. The van der Waals surface area contributed by atoms with Gasteiger partial charge in [-0.15, -0.1) is 0 Å². The number of benzene rings is 5. The summed E-state index contributed by atoms with van der Waals surface area (Å²) in [5.41, 5.74) is 2.22. The van der Waals surface area contributed by atoms with E-state index < -0.39 is 17.7 Å². The number of likely N-dealkylation sites (tertiary alicyclic amines) is 3. The third-order valence-corrected chi connectivity index (χ3v) is 15.2. The van der Waals surface area contributed by atoms with Gasteiger partial charge in [0, 0.05) is 61.8 Å². The smallest absolute Gasteiger partial charge is 0.347 e. The highest BCUT2D eigenvalue weighted by atomic mass is 16.6. The molecule has 5 N–H and O–H groups in total. The van der Waals surface area contributed by atoms with Gasteiger partial charge in [0.1, 0.15) is 11.5 Å². The van der Waals surface area contributed by atoms with Gasteiger partial charge in [0.25, 0.3) is 11.8 Å². The molecule has 4 heterocycles. The Kier molecular flexibility index (Phi) is 15.8. The van der Waals surface area contributed by atoms with Crippen molar-refractivity contribution in [2.75, 3.05) is 65.6 Å². The van der Waals surface area contributed by atoms with Crippen molar-refractivity contribution in [3.63, 3.8) is 0 Å². The monoisotopic (exact) mass is 975 g/mol. The summed E-state index contributed by atoms with van der Waals surface area (Å²) >= 11 is 0. The number of nitrogens with zero attached hydrogens (tertiary/aromatic N) is 3. The van der Waals surface area contributed by atoms with E-state index in [1.165, 1.54) is 17.7 Å². The van der Waals surface area contributed by atoms with Crippen molar-refractivity contribution in [2.24, 2.45) is 11.3 Å². The fourth-order valence-electron chi connectivity index (χ4n) is 10.6. The van der Waals surface area contributed by atoms with Crippen LogP contribution in [-0.2, 0) is 32.9 Å². The van der Waals surface area contributed by atoms with E-state index >= 15 is 0 Å². The number of aliphatic hydroxyl groups is 2. The fourth-order valence-corrected chi connectivity index (χ4v) is 10.6. The predicted molar refractivity (Wildman–Crippen MR) is 274 cm³/mol. The van der Waals surface area contributed by atoms with Crippen molar-refractivity contribution in [1.82, 2.24) is 25.0 Å². The molecular weight excluding hydrogens is 911 g/mol. The van der Waals surface area contributed by atoms with Crippen molar-refractivity contribution >= 4 is 28.7 Å². The number of pyridine rings is 1. The number of piperidine rings is 3. The van der Waals surface area contributed by atoms with Gasteiger partial charge in [-0.1, -0.05) is 91.0 Å². The number of ether oxygens (including phenoxy) is 2. The van der Waals surface area contributed by atoms with Gasteiger partial charge in [-0.2, -0.15) is 0 Å². The molecule has 0 bridgehead atoms. The molecule has 3 fully saturated rings. The lowest BCUT2D eigenvalue weighted by Crippen LogP contribution is -2.50. The molecule has 3 saturated heterocycles. The Morgan fingerprint density at radius 1 is 0.750 bits per heavy atom. The number of carbonyl (C=O) groups excluding carboxylic acids is 3. The molecule has 2 amide bonds. The first-order chi connectivity index (χ1) is 35.0. The lowest BCUT2D eigenvalue weighted by molar-refractivity contribution is -0.164. The summed E-state index contributed by atoms with van der Waals surface area (Å²) in [6.45, 7) is 6.14. The molecule has 1 unspecified atom stereocenters. The number of carbonyl (C=O) groups is 3. The number of nitrogens with one attached hydrogen (secondary N) is 2. The van der Waals surface area contributed by atoms with Crippen LogP contribution in [0, 0.1) is 11.3 Å². The van der Waals surface area contributed by atoms with Gasteiger partial charge in [-0.05, 0) is 135 Å². The number of esters is 1. The molecule has 376 valence electrons. The van der Waals surface area contributed by atoms with Crippen molar-refractivity contribution < 1.29 is 39.2 Å². The SMILES string of the molecule is O=C(COc1cccc(C(O)(C(=O)OCC2CCN(Cc3ccccc3)CC2)c2ccccc2)c1)N1CCC2(CC1)CCN(C(=O)c1ccc(CCNC[C@H](O)c3ccc(O)c4[nH]c(=O)ccc34)cc1)CC2. The second-order valence-corrected chi connectivity index (χ2v) is 19.8. The van der Waals surface area contributed by atoms with Crippen molar-refractivity contribution in [3.8, 4) is 11.5 Å². The zero-order chi connectivity index (χ0) is 50.1. The van der Waals surface area contributed by atoms with Crippen LogP contribution >= 0.6 is 0 Å². The highest BCUT2D eigenvalue weighted by Crippen LogP contribution is 2.42. The number of aromatic hydroxyl groups is 1. The van der Waals surface area contributed by atoms with E-state index in [-0.39, 0.29) is 54.2 Å². The molecule has 1 spiro atoms. The van der Waals surface area contributed by atoms with Gasteiger partial charge >= 0.3 is 5.97 Å². The molecule has 1 aromatic heterocycles. The van der Waals surface area contributed by atoms with E-state index in [4.69, 9.17) is 9.47 Å². The Balaban J connectivity index is 0.706. The quantitative estimate of drug-likeness (QED) is 0.0484. The Morgan fingerprint density at radius 2 is 1.42 bits per heavy atom. The Hall–Kier alpha value is -6.84. The molecule has 0 radical (unpaired) electrons. The zero-order valence-corrected chi connectivity index (χ0v) is 40.7. The average molecular weight is 976 g/mol. The molecule has 9 rings (SSSR count). The highest BCUT2D eigenvalue weighted by molar-refractivity contribution is 5.94. The molecule has 6 aromatic rings. The summed E-state index contributed by atoms with van der Waals surface area (Å²) in [6.07, 6.45) is 5.08. The van der Waals surface area contributed by atoms with Gasteiger partial charge in [-0.3, -0.25) is 19.3 Å². The summed E-state index contributed by atoms with van der Waals surface area (Å²) in [4.78, 5) is 61.6. The Bertz CT molecular complexity index is 2850. The number of hydrogen-bond donors (Lipinski definition) is 5. The molecule has 3 aliphatic rings. The normalized spacial score (nSPS) is 17.6. The standard InChI is InChI=1S/C58H65N5O9/c64-50-20-18-48(49-19-21-52(66)60-54(49)50)51(65)37-59-29-22-41-14-16-44(17-15-41)55(68)63-34-27-57(28-35-63)25-32-62(33-26-57)53(67)40-71-47-13-7-12-46(36-47)58(70,45-10-5-2-6-11-45)56(69)72-39-43-23-30-61(31-24-43)38-42-8-3-1-4-9-42/h1-21,36,43,51,59,64-65,70H,22-35,37-40H2,(H,60,66)/t51-,58?/m0/s1. The molecular formula is C58H65N5O9. The highest BCUT2D eigenvalue weighted by Gasteiger charge is 2.43. The molecule has 2 atom stereocenters. The zero-order valence-electron chi connectivity index (χ0n) is 40.7. The van der Waals surface area contributed by atoms with Crippen molar-refractivity contribution in [3.05, 3.63) is 177 Å². The summed E-state index contributed by atoms with van der Waals surface area (Å²) in [6, 6.07) is 39.7. The van der Waals surface area contributed by atoms with Gasteiger partial charge in [0.05, 0.1) is 18.2 Å². The third kappa shape index (κ3) is 11.7. The second kappa shape index (κ2) is 22.7. The van der Waals surface area contributed by atoms with Gasteiger partial charge in [0.2, 0.25) is 11.2 Å². The first kappa shape index (κ1) is 50.1. The Labute approximate surface area is 420 Å². The lowest BCUT2D eigenvalue weighted by atomic mass is 9.71. The fraction of sp³-hybridized carbons (Fsp3) is 0.379. The van der Waals surface area contributed by atoms with Gasteiger partial charge in [0.15, 0.2) is 6.61 Å². The van der Waals surface area contributed by atoms with Crippen LogP contribution in [0.25, 0.3) is 10.9 Å². The number of H-pyrrole nitrogens is 1. The van der Waals surface area contributed by atoms with E-state index in [1.807, 2.05) is 46.2 Å². The van der Waals surface area contributed by atoms with Crippen LogP contribution in [0.2, 0.25) is 0 Å². The van der Waals surface area contributed by atoms with Crippen LogP contribution in [0.1, 0.15) is 82.8 Å². The predicted octanol–water partition coefficient (Wildman–Crippen LogP) is 6.71. The Morgan fingerprint density at radius 3 is 2.12 bits per heavy atom. The van der Waals surface area contributed by atoms with E-state index in [0.717, 1.165) is 63.7 Å². The number of amides is 2. The summed E-state index contributed by atoms with van der Waals surface area (Å²) in [5, 5.41) is 37.2. The number of phenols is 1. The summed E-state index contributed by atoms with van der Waals surface area (Å²) in [7, 11) is 0. The summed E-state index contributed by atoms with van der Waals surface area (Å²) < 4.78 is 12.0. The number of aliphatic hydroxyl groups excluding tert-OH is 1. The molecule has 5 aromatic carbocycles. The van der Waals surface area contributed by atoms with Crippen LogP contribution in [0.5, 0.6) is 11.5 Å². The maximum absolute atomic E-state index is 13.9. The van der Waals surface area contributed by atoms with E-state index in [0.29, 0.717) is 78.1 Å². The van der Waals surface area contributed by atoms with Gasteiger partial charge < -0.3 is 44.9 Å². The van der Waals surface area contributed by atoms with E-state index in [2.05, 4.69) is 39.5 Å². The van der Waals surface area contributed by atoms with E-state index in [9.17, 15) is 34.5 Å². The minimum atomic E-state index is -2.09. The minimum absolute atomic E-state index is 0.0130.